The maximum absolute atomic E-state index is 11.5. The molecule has 1 unspecified atom stereocenters. The first kappa shape index (κ1) is 11.7. The van der Waals surface area contributed by atoms with E-state index in [1.807, 2.05) is 0 Å². The van der Waals surface area contributed by atoms with Crippen molar-refractivity contribution >= 4 is 6.03 Å². The van der Waals surface area contributed by atoms with E-state index in [-0.39, 0.29) is 6.03 Å². The third-order valence-corrected chi connectivity index (χ3v) is 3.55. The number of ether oxygens (including phenoxy) is 1. The van der Waals surface area contributed by atoms with Crippen molar-refractivity contribution in [2.75, 3.05) is 19.8 Å². The van der Waals surface area contributed by atoms with Crippen molar-refractivity contribution in [2.45, 2.75) is 44.6 Å². The van der Waals surface area contributed by atoms with Crippen LogP contribution in [0.3, 0.4) is 0 Å². The molecular formula is C12H22N2O2. The normalized spacial score (nSPS) is 25.9. The second-order valence-electron chi connectivity index (χ2n) is 4.90. The van der Waals surface area contributed by atoms with Crippen LogP contribution in [0.25, 0.3) is 0 Å². The predicted molar refractivity (Wildman–Crippen MR) is 62.3 cm³/mol. The maximum atomic E-state index is 11.5. The van der Waals surface area contributed by atoms with Gasteiger partial charge in [0, 0.05) is 25.8 Å². The summed E-state index contributed by atoms with van der Waals surface area (Å²) < 4.78 is 5.29. The third-order valence-electron chi connectivity index (χ3n) is 3.55. The van der Waals surface area contributed by atoms with Gasteiger partial charge < -0.3 is 15.4 Å². The van der Waals surface area contributed by atoms with Crippen molar-refractivity contribution in [2.24, 2.45) is 5.92 Å². The standard InChI is InChI=1S/C12H22N2O2/c15-12(14-11-3-1-2-4-11)13-7-5-10-6-8-16-9-10/h10-11H,1-9H2,(H2,13,14,15). The van der Waals surface area contributed by atoms with E-state index in [1.54, 1.807) is 0 Å². The summed E-state index contributed by atoms with van der Waals surface area (Å²) in [5.41, 5.74) is 0. The van der Waals surface area contributed by atoms with Gasteiger partial charge >= 0.3 is 6.03 Å². The molecule has 92 valence electrons. The number of hydrogen-bond acceptors (Lipinski definition) is 2. The lowest BCUT2D eigenvalue weighted by Crippen LogP contribution is -2.41. The molecule has 4 heteroatoms. The Labute approximate surface area is 97.1 Å². The molecule has 0 aromatic rings. The Hall–Kier alpha value is -0.770. The van der Waals surface area contributed by atoms with Gasteiger partial charge in [0.15, 0.2) is 0 Å². The van der Waals surface area contributed by atoms with Gasteiger partial charge in [-0.2, -0.15) is 0 Å². The van der Waals surface area contributed by atoms with Crippen LogP contribution in [0.2, 0.25) is 0 Å². The zero-order valence-electron chi connectivity index (χ0n) is 9.84. The van der Waals surface area contributed by atoms with E-state index >= 15 is 0 Å². The minimum atomic E-state index is 0.00538. The third kappa shape index (κ3) is 3.67. The first-order chi connectivity index (χ1) is 7.84. The fourth-order valence-electron chi connectivity index (χ4n) is 2.51. The van der Waals surface area contributed by atoms with E-state index in [4.69, 9.17) is 4.74 Å². The van der Waals surface area contributed by atoms with Crippen molar-refractivity contribution in [3.8, 4) is 0 Å². The number of nitrogens with one attached hydrogen (secondary N) is 2. The van der Waals surface area contributed by atoms with E-state index in [0.717, 1.165) is 45.4 Å². The minimum absolute atomic E-state index is 0.00538. The Bertz CT molecular complexity index is 221. The summed E-state index contributed by atoms with van der Waals surface area (Å²) >= 11 is 0. The average molecular weight is 226 g/mol. The van der Waals surface area contributed by atoms with Gasteiger partial charge in [-0.1, -0.05) is 12.8 Å². The van der Waals surface area contributed by atoms with Gasteiger partial charge in [-0.25, -0.2) is 4.79 Å². The van der Waals surface area contributed by atoms with Crippen LogP contribution >= 0.6 is 0 Å². The van der Waals surface area contributed by atoms with Crippen LogP contribution in [0.1, 0.15) is 38.5 Å². The molecular weight excluding hydrogens is 204 g/mol. The lowest BCUT2D eigenvalue weighted by Gasteiger charge is -2.13. The van der Waals surface area contributed by atoms with E-state index in [9.17, 15) is 4.79 Å². The molecule has 0 spiro atoms. The van der Waals surface area contributed by atoms with Crippen LogP contribution in [-0.2, 0) is 4.74 Å². The van der Waals surface area contributed by atoms with Crippen LogP contribution in [0, 0.1) is 5.92 Å². The van der Waals surface area contributed by atoms with Crippen LogP contribution in [-0.4, -0.2) is 31.8 Å². The number of carbonyl (C=O) groups excluding carboxylic acids is 1. The molecule has 16 heavy (non-hydrogen) atoms. The molecule has 2 rings (SSSR count). The van der Waals surface area contributed by atoms with Crippen molar-refractivity contribution in [1.82, 2.24) is 10.6 Å². The van der Waals surface area contributed by atoms with Gasteiger partial charge in [0.2, 0.25) is 0 Å². The Morgan fingerprint density at radius 2 is 2.06 bits per heavy atom. The fraction of sp³-hybridized carbons (Fsp3) is 0.917. The van der Waals surface area contributed by atoms with Crippen molar-refractivity contribution in [1.29, 1.82) is 0 Å². The molecule has 1 heterocycles. The molecule has 2 aliphatic rings. The second kappa shape index (κ2) is 6.09. The van der Waals surface area contributed by atoms with E-state index in [0.29, 0.717) is 12.0 Å². The van der Waals surface area contributed by atoms with Crippen molar-refractivity contribution in [3.05, 3.63) is 0 Å². The fourth-order valence-corrected chi connectivity index (χ4v) is 2.51. The van der Waals surface area contributed by atoms with Crippen molar-refractivity contribution < 1.29 is 9.53 Å². The summed E-state index contributed by atoms with van der Waals surface area (Å²) in [6, 6.07) is 0.417. The summed E-state index contributed by atoms with van der Waals surface area (Å²) in [4.78, 5) is 11.5. The summed E-state index contributed by atoms with van der Waals surface area (Å²) in [5.74, 6) is 0.645. The Balaban J connectivity index is 1.52. The lowest BCUT2D eigenvalue weighted by molar-refractivity contribution is 0.184. The first-order valence-electron chi connectivity index (χ1n) is 6.46. The Morgan fingerprint density at radius 1 is 1.25 bits per heavy atom. The topological polar surface area (TPSA) is 50.4 Å². The maximum Gasteiger partial charge on any atom is 0.315 e. The zero-order chi connectivity index (χ0) is 11.2. The van der Waals surface area contributed by atoms with Crippen molar-refractivity contribution in [3.63, 3.8) is 0 Å². The molecule has 1 saturated heterocycles. The van der Waals surface area contributed by atoms with Gasteiger partial charge in [0.25, 0.3) is 0 Å². The number of hydrogen-bond donors (Lipinski definition) is 2. The average Bonchev–Trinajstić information content (AvgIpc) is 2.90. The largest absolute Gasteiger partial charge is 0.381 e. The molecule has 0 radical (unpaired) electrons. The molecule has 0 bridgehead atoms. The monoisotopic (exact) mass is 226 g/mol. The molecule has 1 aliphatic heterocycles. The summed E-state index contributed by atoms with van der Waals surface area (Å²) in [5, 5.41) is 5.95. The highest BCUT2D eigenvalue weighted by Crippen LogP contribution is 2.17. The molecule has 2 amide bonds. The molecule has 4 nitrogen and oxygen atoms in total. The van der Waals surface area contributed by atoms with Crippen LogP contribution in [0.4, 0.5) is 4.79 Å². The highest BCUT2D eigenvalue weighted by atomic mass is 16.5. The molecule has 0 aromatic carbocycles. The molecule has 1 atom stereocenters. The number of amides is 2. The smallest absolute Gasteiger partial charge is 0.315 e. The van der Waals surface area contributed by atoms with Gasteiger partial charge in [-0.15, -0.1) is 0 Å². The van der Waals surface area contributed by atoms with Crippen LogP contribution in [0.5, 0.6) is 0 Å². The Morgan fingerprint density at radius 3 is 2.75 bits per heavy atom. The number of urea groups is 1. The predicted octanol–water partition coefficient (Wildman–Crippen LogP) is 1.65. The molecule has 1 aliphatic carbocycles. The zero-order valence-corrected chi connectivity index (χ0v) is 9.84. The number of carbonyl (C=O) groups is 1. The SMILES string of the molecule is O=C(NCCC1CCOC1)NC1CCCC1. The molecule has 2 fully saturated rings. The van der Waals surface area contributed by atoms with Crippen LogP contribution in [0.15, 0.2) is 0 Å². The van der Waals surface area contributed by atoms with Gasteiger partial charge in [-0.05, 0) is 31.6 Å². The van der Waals surface area contributed by atoms with Crippen LogP contribution < -0.4 is 10.6 Å². The molecule has 2 N–H and O–H groups in total. The lowest BCUT2D eigenvalue weighted by atomic mass is 10.1. The molecule has 0 aromatic heterocycles. The van der Waals surface area contributed by atoms with Gasteiger partial charge in [0.1, 0.15) is 0 Å². The van der Waals surface area contributed by atoms with E-state index in [2.05, 4.69) is 10.6 Å². The quantitative estimate of drug-likeness (QED) is 0.766. The second-order valence-corrected chi connectivity index (χ2v) is 4.90. The van der Waals surface area contributed by atoms with Gasteiger partial charge in [-0.3, -0.25) is 0 Å². The number of rotatable bonds is 4. The van der Waals surface area contributed by atoms with E-state index < -0.39 is 0 Å². The summed E-state index contributed by atoms with van der Waals surface area (Å²) in [6.07, 6.45) is 6.98. The molecule has 1 saturated carbocycles. The van der Waals surface area contributed by atoms with E-state index in [1.165, 1.54) is 12.8 Å². The highest BCUT2D eigenvalue weighted by Gasteiger charge is 2.18. The summed E-state index contributed by atoms with van der Waals surface area (Å²) in [6.45, 7) is 2.53. The first-order valence-corrected chi connectivity index (χ1v) is 6.46. The summed E-state index contributed by atoms with van der Waals surface area (Å²) in [7, 11) is 0. The highest BCUT2D eigenvalue weighted by molar-refractivity contribution is 5.74. The minimum Gasteiger partial charge on any atom is -0.381 e. The Kier molecular flexibility index (Phi) is 4.45. The van der Waals surface area contributed by atoms with Gasteiger partial charge in [0.05, 0.1) is 0 Å².